The quantitative estimate of drug-likeness (QED) is 0.782. The van der Waals surface area contributed by atoms with E-state index in [0.29, 0.717) is 23.4 Å². The summed E-state index contributed by atoms with van der Waals surface area (Å²) < 4.78 is 0. The molecular formula is C15H17N5O. The number of primary amides is 1. The third-order valence-corrected chi connectivity index (χ3v) is 3.28. The van der Waals surface area contributed by atoms with Crippen molar-refractivity contribution in [2.75, 3.05) is 10.6 Å². The van der Waals surface area contributed by atoms with Crippen molar-refractivity contribution < 1.29 is 4.79 Å². The van der Waals surface area contributed by atoms with Gasteiger partial charge in [0.25, 0.3) is 5.91 Å². The second-order valence-electron chi connectivity index (χ2n) is 5.23. The molecule has 0 atom stereocenters. The van der Waals surface area contributed by atoms with Crippen LogP contribution in [-0.2, 0) is 0 Å². The van der Waals surface area contributed by atoms with Crippen molar-refractivity contribution in [3.05, 3.63) is 41.6 Å². The lowest BCUT2D eigenvalue weighted by atomic mass is 10.2. The molecule has 1 aromatic heterocycles. The van der Waals surface area contributed by atoms with Gasteiger partial charge in [-0.3, -0.25) is 4.79 Å². The number of rotatable bonds is 5. The van der Waals surface area contributed by atoms with E-state index in [4.69, 9.17) is 5.73 Å². The van der Waals surface area contributed by atoms with Gasteiger partial charge in [-0.25, -0.2) is 4.98 Å². The third-order valence-electron chi connectivity index (χ3n) is 3.28. The lowest BCUT2D eigenvalue weighted by molar-refractivity contribution is 0.100. The van der Waals surface area contributed by atoms with Crippen molar-refractivity contribution in [1.82, 2.24) is 9.97 Å². The van der Waals surface area contributed by atoms with E-state index in [1.165, 1.54) is 11.8 Å². The number of benzene rings is 1. The normalized spacial score (nSPS) is 13.8. The zero-order valence-electron chi connectivity index (χ0n) is 11.8. The van der Waals surface area contributed by atoms with Gasteiger partial charge in [-0.05, 0) is 31.9 Å². The van der Waals surface area contributed by atoms with E-state index >= 15 is 0 Å². The van der Waals surface area contributed by atoms with Crippen molar-refractivity contribution in [2.24, 2.45) is 5.73 Å². The number of nitrogens with zero attached hydrogens (tertiary/aromatic N) is 2. The molecule has 0 saturated heterocycles. The maximum absolute atomic E-state index is 11.4. The van der Waals surface area contributed by atoms with Gasteiger partial charge in [0.2, 0.25) is 5.95 Å². The molecular weight excluding hydrogens is 266 g/mol. The van der Waals surface area contributed by atoms with Crippen molar-refractivity contribution in [3.63, 3.8) is 0 Å². The van der Waals surface area contributed by atoms with Crippen LogP contribution in [0.4, 0.5) is 17.5 Å². The van der Waals surface area contributed by atoms with Crippen LogP contribution in [0.25, 0.3) is 0 Å². The Hall–Kier alpha value is -2.63. The predicted molar refractivity (Wildman–Crippen MR) is 81.7 cm³/mol. The summed E-state index contributed by atoms with van der Waals surface area (Å²) in [5, 5.41) is 6.33. The van der Waals surface area contributed by atoms with Crippen LogP contribution >= 0.6 is 0 Å². The molecule has 3 rings (SSSR count). The molecule has 1 aliphatic rings. The standard InChI is InChI=1S/C15H17N5O/c1-9-2-4-11(5-3-9)19-15-17-8-12(13(16)21)14(20-15)18-10-6-7-10/h2-5,8,10H,6-7H2,1H3,(H2,16,21)(H2,17,18,19,20). The minimum Gasteiger partial charge on any atom is -0.367 e. The Balaban J connectivity index is 1.84. The second-order valence-corrected chi connectivity index (χ2v) is 5.23. The molecule has 21 heavy (non-hydrogen) atoms. The summed E-state index contributed by atoms with van der Waals surface area (Å²) in [6, 6.07) is 8.29. The Bertz CT molecular complexity index is 664. The van der Waals surface area contributed by atoms with Gasteiger partial charge >= 0.3 is 0 Å². The molecule has 1 aliphatic carbocycles. The number of amides is 1. The second kappa shape index (κ2) is 5.40. The van der Waals surface area contributed by atoms with Crippen LogP contribution in [0.5, 0.6) is 0 Å². The van der Waals surface area contributed by atoms with Crippen LogP contribution < -0.4 is 16.4 Å². The van der Waals surface area contributed by atoms with Gasteiger partial charge in [0, 0.05) is 17.9 Å². The fraction of sp³-hybridized carbons (Fsp3) is 0.267. The third kappa shape index (κ3) is 3.28. The minimum atomic E-state index is -0.528. The van der Waals surface area contributed by atoms with Crippen molar-refractivity contribution in [3.8, 4) is 0 Å². The first-order chi connectivity index (χ1) is 10.1. The first-order valence-electron chi connectivity index (χ1n) is 6.89. The summed E-state index contributed by atoms with van der Waals surface area (Å²) in [5.74, 6) is 0.404. The summed E-state index contributed by atoms with van der Waals surface area (Å²) in [6.07, 6.45) is 3.63. The molecule has 0 unspecified atom stereocenters. The Morgan fingerprint density at radius 1 is 1.29 bits per heavy atom. The molecule has 0 radical (unpaired) electrons. The number of aromatic nitrogens is 2. The van der Waals surface area contributed by atoms with E-state index in [0.717, 1.165) is 18.5 Å². The van der Waals surface area contributed by atoms with E-state index in [1.54, 1.807) is 0 Å². The van der Waals surface area contributed by atoms with E-state index < -0.39 is 5.91 Å². The summed E-state index contributed by atoms with van der Waals surface area (Å²) in [7, 11) is 0. The average molecular weight is 283 g/mol. The summed E-state index contributed by atoms with van der Waals surface area (Å²) in [5.41, 5.74) is 7.74. The molecule has 0 bridgehead atoms. The maximum atomic E-state index is 11.4. The zero-order valence-corrected chi connectivity index (χ0v) is 11.8. The van der Waals surface area contributed by atoms with Crippen molar-refractivity contribution >= 4 is 23.4 Å². The summed E-state index contributed by atoms with van der Waals surface area (Å²) >= 11 is 0. The molecule has 1 fully saturated rings. The van der Waals surface area contributed by atoms with Gasteiger partial charge in [0.1, 0.15) is 5.82 Å². The van der Waals surface area contributed by atoms with Gasteiger partial charge in [0.15, 0.2) is 0 Å². The Kier molecular flexibility index (Phi) is 3.43. The Morgan fingerprint density at radius 3 is 2.62 bits per heavy atom. The topological polar surface area (TPSA) is 92.9 Å². The van der Waals surface area contributed by atoms with Crippen LogP contribution in [0.15, 0.2) is 30.5 Å². The van der Waals surface area contributed by atoms with E-state index in [9.17, 15) is 4.79 Å². The monoisotopic (exact) mass is 283 g/mol. The highest BCUT2D eigenvalue weighted by Gasteiger charge is 2.24. The number of carbonyl (C=O) groups excluding carboxylic acids is 1. The smallest absolute Gasteiger partial charge is 0.254 e. The van der Waals surface area contributed by atoms with Crippen molar-refractivity contribution in [2.45, 2.75) is 25.8 Å². The van der Waals surface area contributed by atoms with E-state index in [2.05, 4.69) is 20.6 Å². The van der Waals surface area contributed by atoms with E-state index in [-0.39, 0.29) is 0 Å². The molecule has 1 heterocycles. The maximum Gasteiger partial charge on any atom is 0.254 e. The average Bonchev–Trinajstić information content (AvgIpc) is 3.25. The molecule has 2 aromatic rings. The highest BCUT2D eigenvalue weighted by Crippen LogP contribution is 2.26. The van der Waals surface area contributed by atoms with Crippen molar-refractivity contribution in [1.29, 1.82) is 0 Å². The van der Waals surface area contributed by atoms with Crippen LogP contribution in [0.3, 0.4) is 0 Å². The number of nitrogens with one attached hydrogen (secondary N) is 2. The molecule has 1 aromatic carbocycles. The Labute approximate surface area is 122 Å². The number of nitrogens with two attached hydrogens (primary N) is 1. The molecule has 1 saturated carbocycles. The highest BCUT2D eigenvalue weighted by molar-refractivity contribution is 5.97. The van der Waals surface area contributed by atoms with Crippen LogP contribution in [0, 0.1) is 6.92 Å². The highest BCUT2D eigenvalue weighted by atomic mass is 16.1. The number of anilines is 3. The summed E-state index contributed by atoms with van der Waals surface area (Å²) in [4.78, 5) is 19.9. The van der Waals surface area contributed by atoms with Gasteiger partial charge in [-0.2, -0.15) is 4.98 Å². The zero-order chi connectivity index (χ0) is 14.8. The van der Waals surface area contributed by atoms with Crippen LogP contribution in [0.2, 0.25) is 0 Å². The minimum absolute atomic E-state index is 0.316. The molecule has 1 amide bonds. The predicted octanol–water partition coefficient (Wildman–Crippen LogP) is 2.20. The SMILES string of the molecule is Cc1ccc(Nc2ncc(C(N)=O)c(NC3CC3)n2)cc1. The number of carbonyl (C=O) groups is 1. The number of aryl methyl sites for hydroxylation is 1. The number of hydrogen-bond donors (Lipinski definition) is 3. The van der Waals surface area contributed by atoms with E-state index in [1.807, 2.05) is 31.2 Å². The van der Waals surface area contributed by atoms with Crippen LogP contribution in [-0.4, -0.2) is 21.9 Å². The molecule has 0 aliphatic heterocycles. The summed E-state index contributed by atoms with van der Waals surface area (Å²) in [6.45, 7) is 2.03. The fourth-order valence-corrected chi connectivity index (χ4v) is 1.92. The molecule has 108 valence electrons. The Morgan fingerprint density at radius 2 is 2.00 bits per heavy atom. The van der Waals surface area contributed by atoms with Crippen LogP contribution in [0.1, 0.15) is 28.8 Å². The molecule has 6 heteroatoms. The van der Waals surface area contributed by atoms with Gasteiger partial charge < -0.3 is 16.4 Å². The molecule has 6 nitrogen and oxygen atoms in total. The first kappa shape index (κ1) is 13.4. The fourth-order valence-electron chi connectivity index (χ4n) is 1.92. The van der Waals surface area contributed by atoms with Gasteiger partial charge in [-0.15, -0.1) is 0 Å². The largest absolute Gasteiger partial charge is 0.367 e. The van der Waals surface area contributed by atoms with Gasteiger partial charge in [0.05, 0.1) is 5.56 Å². The number of hydrogen-bond acceptors (Lipinski definition) is 5. The molecule has 4 N–H and O–H groups in total. The lowest BCUT2D eigenvalue weighted by Crippen LogP contribution is -2.17. The van der Waals surface area contributed by atoms with Gasteiger partial charge in [-0.1, -0.05) is 17.7 Å². The lowest BCUT2D eigenvalue weighted by Gasteiger charge is -2.10. The molecule has 0 spiro atoms. The first-order valence-corrected chi connectivity index (χ1v) is 6.89.